The molecule has 4 rings (SSSR count). The molecule has 1 unspecified atom stereocenters. The number of carbonyl (C=O) groups excluding carboxylic acids is 1. The number of anilines is 1. The van der Waals surface area contributed by atoms with Gasteiger partial charge in [-0.15, -0.1) is 0 Å². The van der Waals surface area contributed by atoms with Crippen molar-refractivity contribution in [1.82, 2.24) is 10.6 Å². The van der Waals surface area contributed by atoms with E-state index in [0.29, 0.717) is 24.6 Å². The van der Waals surface area contributed by atoms with Crippen molar-refractivity contribution < 1.29 is 18.3 Å². The lowest BCUT2D eigenvalue weighted by molar-refractivity contribution is 0.209. The van der Waals surface area contributed by atoms with E-state index in [4.69, 9.17) is 4.74 Å². The summed E-state index contributed by atoms with van der Waals surface area (Å²) in [5.74, 6) is -1.30. The zero-order valence-corrected chi connectivity index (χ0v) is 17.8. The fourth-order valence-electron chi connectivity index (χ4n) is 4.47. The molecule has 0 spiro atoms. The molecule has 0 aromatic heterocycles. The summed E-state index contributed by atoms with van der Waals surface area (Å²) in [5, 5.41) is 5.65. The van der Waals surface area contributed by atoms with Crippen LogP contribution in [-0.4, -0.2) is 31.8 Å². The average molecular weight is 430 g/mol. The van der Waals surface area contributed by atoms with E-state index in [9.17, 15) is 13.6 Å². The van der Waals surface area contributed by atoms with Gasteiger partial charge in [-0.05, 0) is 43.0 Å². The first-order valence-corrected chi connectivity index (χ1v) is 11.0. The van der Waals surface area contributed by atoms with Crippen LogP contribution in [0, 0.1) is 11.6 Å². The van der Waals surface area contributed by atoms with Gasteiger partial charge in [0.25, 0.3) is 0 Å². The quantitative estimate of drug-likeness (QED) is 0.734. The molecule has 1 atom stereocenters. The number of ether oxygens (including phenoxy) is 1. The molecule has 1 aliphatic heterocycles. The van der Waals surface area contributed by atoms with Gasteiger partial charge in [0, 0.05) is 37.0 Å². The van der Waals surface area contributed by atoms with Crippen LogP contribution in [0.15, 0.2) is 36.4 Å². The van der Waals surface area contributed by atoms with Crippen molar-refractivity contribution in [3.05, 3.63) is 59.2 Å². The second-order valence-corrected chi connectivity index (χ2v) is 8.48. The maximum absolute atomic E-state index is 13.7. The Morgan fingerprint density at radius 2 is 1.87 bits per heavy atom. The number of urea groups is 1. The summed E-state index contributed by atoms with van der Waals surface area (Å²) in [6.07, 6.45) is 6.74. The number of benzene rings is 2. The monoisotopic (exact) mass is 429 g/mol. The average Bonchev–Trinajstić information content (AvgIpc) is 2.78. The normalized spacial score (nSPS) is 18.6. The molecule has 0 saturated heterocycles. The third kappa shape index (κ3) is 5.27. The van der Waals surface area contributed by atoms with Crippen molar-refractivity contribution in [2.75, 3.05) is 18.6 Å². The molecule has 0 radical (unpaired) electrons. The van der Waals surface area contributed by atoms with E-state index in [0.717, 1.165) is 11.6 Å². The van der Waals surface area contributed by atoms with Crippen molar-refractivity contribution in [2.45, 2.75) is 57.2 Å². The first-order chi connectivity index (χ1) is 15.0. The number of hydrogen-bond donors (Lipinski definition) is 2. The Morgan fingerprint density at radius 1 is 1.13 bits per heavy atom. The summed E-state index contributed by atoms with van der Waals surface area (Å²) in [6, 6.07) is 10.2. The van der Waals surface area contributed by atoms with Crippen LogP contribution in [0.25, 0.3) is 0 Å². The number of rotatable bonds is 5. The molecule has 1 heterocycles. The molecule has 2 aromatic carbocycles. The predicted molar refractivity (Wildman–Crippen MR) is 116 cm³/mol. The maximum Gasteiger partial charge on any atom is 0.315 e. The van der Waals surface area contributed by atoms with E-state index in [-0.39, 0.29) is 24.4 Å². The lowest BCUT2D eigenvalue weighted by Crippen LogP contribution is -2.47. The molecular formula is C24H29F2N3O2. The van der Waals surface area contributed by atoms with E-state index in [2.05, 4.69) is 34.7 Å². The number of fused-ring (bicyclic) bond motifs is 1. The van der Waals surface area contributed by atoms with E-state index in [1.165, 1.54) is 43.9 Å². The second kappa shape index (κ2) is 9.54. The van der Waals surface area contributed by atoms with Crippen molar-refractivity contribution in [2.24, 2.45) is 0 Å². The number of carbonyl (C=O) groups is 1. The molecule has 5 nitrogen and oxygen atoms in total. The molecule has 2 aliphatic rings. The van der Waals surface area contributed by atoms with Crippen LogP contribution in [0.5, 0.6) is 5.75 Å². The SMILES string of the molecule is CN(c1ccc(CNC(=O)NC2COc3c(F)cc(F)cc3C2)cc1)C1CCCCC1. The molecule has 2 N–H and O–H groups in total. The lowest BCUT2D eigenvalue weighted by atomic mass is 9.94. The molecule has 1 aliphatic carbocycles. The largest absolute Gasteiger partial charge is 0.488 e. The van der Waals surface area contributed by atoms with Gasteiger partial charge in [-0.2, -0.15) is 0 Å². The fourth-order valence-corrected chi connectivity index (χ4v) is 4.47. The number of amides is 2. The van der Waals surface area contributed by atoms with Gasteiger partial charge in [-0.25, -0.2) is 13.6 Å². The second-order valence-electron chi connectivity index (χ2n) is 8.48. The number of nitrogens with one attached hydrogen (secondary N) is 2. The summed E-state index contributed by atoms with van der Waals surface area (Å²) in [5.41, 5.74) is 2.62. The number of hydrogen-bond acceptors (Lipinski definition) is 3. The highest BCUT2D eigenvalue weighted by atomic mass is 19.1. The standard InChI is InChI=1S/C24H29F2N3O2/c1-29(20-5-3-2-4-6-20)21-9-7-16(8-10-21)14-27-24(30)28-19-12-17-11-18(25)13-22(26)23(17)31-15-19/h7-11,13,19-20H,2-6,12,14-15H2,1H3,(H2,27,28,30). The van der Waals surface area contributed by atoms with Gasteiger partial charge >= 0.3 is 6.03 Å². The smallest absolute Gasteiger partial charge is 0.315 e. The Morgan fingerprint density at radius 3 is 2.61 bits per heavy atom. The van der Waals surface area contributed by atoms with Gasteiger partial charge in [0.05, 0.1) is 6.04 Å². The molecule has 2 aromatic rings. The van der Waals surface area contributed by atoms with Gasteiger partial charge in [-0.1, -0.05) is 31.4 Å². The molecule has 1 saturated carbocycles. The Balaban J connectivity index is 1.26. The van der Waals surface area contributed by atoms with E-state index >= 15 is 0 Å². The Labute approximate surface area is 181 Å². The van der Waals surface area contributed by atoms with E-state index < -0.39 is 11.6 Å². The van der Waals surface area contributed by atoms with Crippen LogP contribution in [-0.2, 0) is 13.0 Å². The van der Waals surface area contributed by atoms with Crippen LogP contribution in [0.2, 0.25) is 0 Å². The predicted octanol–water partition coefficient (Wildman–Crippen LogP) is 4.54. The zero-order chi connectivity index (χ0) is 21.8. The van der Waals surface area contributed by atoms with Crippen molar-refractivity contribution in [1.29, 1.82) is 0 Å². The fraction of sp³-hybridized carbons (Fsp3) is 0.458. The van der Waals surface area contributed by atoms with Gasteiger partial charge in [0.2, 0.25) is 0 Å². The lowest BCUT2D eigenvalue weighted by Gasteiger charge is -2.33. The summed E-state index contributed by atoms with van der Waals surface area (Å²) in [4.78, 5) is 14.6. The first-order valence-electron chi connectivity index (χ1n) is 11.0. The molecule has 0 bridgehead atoms. The number of nitrogens with zero attached hydrogens (tertiary/aromatic N) is 1. The van der Waals surface area contributed by atoms with Crippen molar-refractivity contribution in [3.63, 3.8) is 0 Å². The van der Waals surface area contributed by atoms with Crippen LogP contribution in [0.3, 0.4) is 0 Å². The molecule has 1 fully saturated rings. The molecule has 31 heavy (non-hydrogen) atoms. The van der Waals surface area contributed by atoms with Crippen LogP contribution < -0.4 is 20.3 Å². The first kappa shape index (κ1) is 21.4. The Kier molecular flexibility index (Phi) is 6.59. The third-order valence-electron chi connectivity index (χ3n) is 6.23. The van der Waals surface area contributed by atoms with Crippen molar-refractivity contribution in [3.8, 4) is 5.75 Å². The summed E-state index contributed by atoms with van der Waals surface area (Å²) in [7, 11) is 2.15. The van der Waals surface area contributed by atoms with Crippen LogP contribution >= 0.6 is 0 Å². The van der Waals surface area contributed by atoms with Crippen molar-refractivity contribution >= 4 is 11.7 Å². The highest BCUT2D eigenvalue weighted by molar-refractivity contribution is 5.74. The van der Waals surface area contributed by atoms with Gasteiger partial charge in [0.1, 0.15) is 12.4 Å². The summed E-state index contributed by atoms with van der Waals surface area (Å²) < 4.78 is 32.6. The minimum absolute atomic E-state index is 0.0677. The molecule has 2 amide bonds. The Hall–Kier alpha value is -2.83. The van der Waals surface area contributed by atoms with Crippen LogP contribution in [0.4, 0.5) is 19.3 Å². The number of halogens is 2. The Bertz CT molecular complexity index is 914. The topological polar surface area (TPSA) is 53.6 Å². The highest BCUT2D eigenvalue weighted by Gasteiger charge is 2.25. The molecule has 166 valence electrons. The molecular weight excluding hydrogens is 400 g/mol. The van der Waals surface area contributed by atoms with E-state index in [1.54, 1.807) is 0 Å². The van der Waals surface area contributed by atoms with E-state index in [1.807, 2.05) is 12.1 Å². The van der Waals surface area contributed by atoms with Gasteiger partial charge in [-0.3, -0.25) is 0 Å². The minimum Gasteiger partial charge on any atom is -0.488 e. The molecule has 7 heteroatoms. The minimum atomic E-state index is -0.713. The maximum atomic E-state index is 13.7. The summed E-state index contributed by atoms with van der Waals surface area (Å²) >= 11 is 0. The van der Waals surface area contributed by atoms with Crippen LogP contribution in [0.1, 0.15) is 43.2 Å². The van der Waals surface area contributed by atoms with Gasteiger partial charge < -0.3 is 20.3 Å². The summed E-state index contributed by atoms with van der Waals surface area (Å²) in [6.45, 7) is 0.540. The highest BCUT2D eigenvalue weighted by Crippen LogP contribution is 2.29. The van der Waals surface area contributed by atoms with Gasteiger partial charge in [0.15, 0.2) is 11.6 Å². The zero-order valence-electron chi connectivity index (χ0n) is 17.8. The third-order valence-corrected chi connectivity index (χ3v) is 6.23.